The molecule has 4 heteroatoms. The molecule has 0 bridgehead atoms. The van der Waals surface area contributed by atoms with Crippen LogP contribution in [0.1, 0.15) is 16.7 Å². The summed E-state index contributed by atoms with van der Waals surface area (Å²) in [7, 11) is 0. The Morgan fingerprint density at radius 2 is 1.41 bits per heavy atom. The third-order valence-electron chi connectivity index (χ3n) is 4.83. The first-order valence-electron chi connectivity index (χ1n) is 8.48. The molecule has 0 spiro atoms. The van der Waals surface area contributed by atoms with E-state index in [1.165, 1.54) is 24.3 Å². The van der Waals surface area contributed by atoms with Crippen LogP contribution in [0.4, 0.5) is 8.78 Å². The van der Waals surface area contributed by atoms with Gasteiger partial charge in [0.1, 0.15) is 23.3 Å². The number of benzene rings is 3. The summed E-state index contributed by atoms with van der Waals surface area (Å²) in [6.07, 6.45) is 2.28. The van der Waals surface area contributed by atoms with Crippen LogP contribution in [-0.2, 0) is 10.2 Å². The zero-order valence-electron chi connectivity index (χ0n) is 14.3. The van der Waals surface area contributed by atoms with E-state index in [1.807, 2.05) is 6.07 Å². The molecular weight excluding hydrogens is 344 g/mol. The number of nitrogens with zero attached hydrogens (tertiary/aromatic N) is 1. The highest BCUT2D eigenvalue weighted by atomic mass is 19.1. The predicted octanol–water partition coefficient (Wildman–Crippen LogP) is 5.05. The third kappa shape index (κ3) is 2.70. The van der Waals surface area contributed by atoms with Crippen LogP contribution in [0.25, 0.3) is 10.9 Å². The SMILES string of the molecule is O=CC(c1ccc2ncccc2c1)(c1ccccc1F)c1ccccc1F. The summed E-state index contributed by atoms with van der Waals surface area (Å²) in [4.78, 5) is 16.8. The Kier molecular flexibility index (Phi) is 4.24. The summed E-state index contributed by atoms with van der Waals surface area (Å²) in [5.41, 5.74) is -0.182. The van der Waals surface area contributed by atoms with Crippen LogP contribution in [0.2, 0.25) is 0 Å². The molecule has 0 unspecified atom stereocenters. The molecule has 4 rings (SSSR count). The highest BCUT2D eigenvalue weighted by molar-refractivity contribution is 5.86. The monoisotopic (exact) mass is 359 g/mol. The molecule has 0 atom stereocenters. The fraction of sp³-hybridized carbons (Fsp3) is 0.0435. The number of halogens is 2. The normalized spacial score (nSPS) is 11.5. The molecule has 0 saturated heterocycles. The second-order valence-corrected chi connectivity index (χ2v) is 6.30. The lowest BCUT2D eigenvalue weighted by Gasteiger charge is -2.31. The summed E-state index contributed by atoms with van der Waals surface area (Å²) in [5, 5.41) is 0.786. The van der Waals surface area contributed by atoms with Crippen LogP contribution >= 0.6 is 0 Å². The maximum Gasteiger partial charge on any atom is 0.139 e. The number of hydrogen-bond acceptors (Lipinski definition) is 2. The molecule has 3 aromatic carbocycles. The number of carbonyl (C=O) groups is 1. The van der Waals surface area contributed by atoms with Gasteiger partial charge in [0.05, 0.1) is 5.52 Å². The molecule has 0 aliphatic rings. The van der Waals surface area contributed by atoms with Crippen LogP contribution < -0.4 is 0 Å². The molecule has 27 heavy (non-hydrogen) atoms. The minimum atomic E-state index is -1.61. The molecule has 1 aromatic heterocycles. The fourth-order valence-electron chi connectivity index (χ4n) is 3.53. The largest absolute Gasteiger partial charge is 0.302 e. The van der Waals surface area contributed by atoms with Crippen LogP contribution in [0.3, 0.4) is 0 Å². The molecule has 4 aromatic rings. The van der Waals surface area contributed by atoms with Gasteiger partial charge in [-0.3, -0.25) is 4.98 Å². The third-order valence-corrected chi connectivity index (χ3v) is 4.83. The quantitative estimate of drug-likeness (QED) is 0.377. The number of rotatable bonds is 4. The highest BCUT2D eigenvalue weighted by Crippen LogP contribution is 2.40. The number of hydrogen-bond donors (Lipinski definition) is 0. The first-order chi connectivity index (χ1) is 13.2. The highest BCUT2D eigenvalue weighted by Gasteiger charge is 2.40. The van der Waals surface area contributed by atoms with Crippen molar-refractivity contribution in [3.8, 4) is 0 Å². The van der Waals surface area contributed by atoms with Crippen molar-refractivity contribution in [1.82, 2.24) is 4.98 Å². The van der Waals surface area contributed by atoms with Crippen molar-refractivity contribution in [2.24, 2.45) is 0 Å². The molecule has 1 heterocycles. The minimum Gasteiger partial charge on any atom is -0.302 e. The molecule has 0 N–H and O–H groups in total. The Morgan fingerprint density at radius 3 is 2.00 bits per heavy atom. The van der Waals surface area contributed by atoms with E-state index in [2.05, 4.69) is 4.98 Å². The Morgan fingerprint density at radius 1 is 0.778 bits per heavy atom. The fourth-order valence-corrected chi connectivity index (χ4v) is 3.53. The van der Waals surface area contributed by atoms with Gasteiger partial charge in [-0.05, 0) is 35.9 Å². The number of carbonyl (C=O) groups excluding carboxylic acids is 1. The first kappa shape index (κ1) is 17.0. The van der Waals surface area contributed by atoms with Gasteiger partial charge in [0, 0.05) is 22.7 Å². The molecule has 0 fully saturated rings. The Labute approximate surface area is 155 Å². The molecule has 2 nitrogen and oxygen atoms in total. The minimum absolute atomic E-state index is 0.105. The Balaban J connectivity index is 2.11. The summed E-state index contributed by atoms with van der Waals surface area (Å²) in [6, 6.07) is 20.8. The van der Waals surface area contributed by atoms with Crippen LogP contribution in [0.15, 0.2) is 85.1 Å². The van der Waals surface area contributed by atoms with Crippen LogP contribution in [0.5, 0.6) is 0 Å². The molecule has 0 aliphatic heterocycles. The maximum absolute atomic E-state index is 14.8. The van der Waals surface area contributed by atoms with Crippen molar-refractivity contribution in [2.75, 3.05) is 0 Å². The van der Waals surface area contributed by atoms with Gasteiger partial charge < -0.3 is 4.79 Å². The maximum atomic E-state index is 14.8. The average molecular weight is 359 g/mol. The zero-order chi connectivity index (χ0) is 18.9. The first-order valence-corrected chi connectivity index (χ1v) is 8.48. The topological polar surface area (TPSA) is 30.0 Å². The number of pyridine rings is 1. The van der Waals surface area contributed by atoms with Gasteiger partial charge in [-0.2, -0.15) is 0 Å². The standard InChI is InChI=1S/C23H15F2NO/c24-20-9-3-1-7-18(20)23(15-27,19-8-2-4-10-21(19)25)17-11-12-22-16(14-17)6-5-13-26-22/h1-15H. The predicted molar refractivity (Wildman–Crippen MR) is 100 cm³/mol. The molecule has 0 amide bonds. The van der Waals surface area contributed by atoms with Gasteiger partial charge >= 0.3 is 0 Å². The van der Waals surface area contributed by atoms with E-state index in [0.717, 1.165) is 10.9 Å². The van der Waals surface area contributed by atoms with Gasteiger partial charge in [0.2, 0.25) is 0 Å². The van der Waals surface area contributed by atoms with E-state index in [1.54, 1.807) is 54.7 Å². The van der Waals surface area contributed by atoms with Crippen LogP contribution in [0, 0.1) is 11.6 Å². The summed E-state index contributed by atoms with van der Waals surface area (Å²) >= 11 is 0. The summed E-state index contributed by atoms with van der Waals surface area (Å²) in [5.74, 6) is -1.14. The van der Waals surface area contributed by atoms with Crippen molar-refractivity contribution in [3.63, 3.8) is 0 Å². The van der Waals surface area contributed by atoms with Gasteiger partial charge in [0.15, 0.2) is 0 Å². The lowest BCUT2D eigenvalue weighted by atomic mass is 9.70. The smallest absolute Gasteiger partial charge is 0.139 e. The molecular formula is C23H15F2NO. The van der Waals surface area contributed by atoms with Gasteiger partial charge in [0.25, 0.3) is 0 Å². The molecule has 0 aliphatic carbocycles. The van der Waals surface area contributed by atoms with E-state index in [-0.39, 0.29) is 11.1 Å². The van der Waals surface area contributed by atoms with Gasteiger partial charge in [-0.25, -0.2) is 8.78 Å². The lowest BCUT2D eigenvalue weighted by molar-refractivity contribution is -0.110. The number of fused-ring (bicyclic) bond motifs is 1. The van der Waals surface area contributed by atoms with Crippen molar-refractivity contribution in [2.45, 2.75) is 5.41 Å². The second kappa shape index (κ2) is 6.72. The van der Waals surface area contributed by atoms with Gasteiger partial charge in [-0.1, -0.05) is 48.5 Å². The van der Waals surface area contributed by atoms with E-state index in [4.69, 9.17) is 0 Å². The Bertz CT molecular complexity index is 1090. The van der Waals surface area contributed by atoms with Crippen molar-refractivity contribution < 1.29 is 13.6 Å². The average Bonchev–Trinajstić information content (AvgIpc) is 2.71. The summed E-state index contributed by atoms with van der Waals surface area (Å²) < 4.78 is 29.6. The Hall–Kier alpha value is -3.40. The second-order valence-electron chi connectivity index (χ2n) is 6.30. The van der Waals surface area contributed by atoms with Crippen molar-refractivity contribution in [1.29, 1.82) is 0 Å². The molecule has 0 saturated carbocycles. The van der Waals surface area contributed by atoms with E-state index < -0.39 is 17.0 Å². The van der Waals surface area contributed by atoms with Crippen molar-refractivity contribution in [3.05, 3.63) is 113 Å². The lowest BCUT2D eigenvalue weighted by Crippen LogP contribution is -2.33. The van der Waals surface area contributed by atoms with Crippen molar-refractivity contribution >= 4 is 17.2 Å². The summed E-state index contributed by atoms with van der Waals surface area (Å²) in [6.45, 7) is 0. The number of aromatic nitrogens is 1. The van der Waals surface area contributed by atoms with E-state index in [9.17, 15) is 13.6 Å². The number of aldehydes is 1. The van der Waals surface area contributed by atoms with E-state index >= 15 is 0 Å². The van der Waals surface area contributed by atoms with E-state index in [0.29, 0.717) is 11.8 Å². The van der Waals surface area contributed by atoms with Gasteiger partial charge in [-0.15, -0.1) is 0 Å². The molecule has 0 radical (unpaired) electrons. The zero-order valence-corrected chi connectivity index (χ0v) is 14.3. The molecule has 132 valence electrons. The van der Waals surface area contributed by atoms with Crippen LogP contribution in [-0.4, -0.2) is 11.3 Å².